The minimum absolute atomic E-state index is 0.0203. The van der Waals surface area contributed by atoms with Crippen LogP contribution in [0.25, 0.3) is 0 Å². The number of carbonyl (C=O) groups is 1. The zero-order valence-electron chi connectivity index (χ0n) is 13.4. The molecule has 1 aromatic carbocycles. The number of thiocarbonyl (C=S) groups is 1. The van der Waals surface area contributed by atoms with Crippen LogP contribution < -0.4 is 4.90 Å². The van der Waals surface area contributed by atoms with E-state index < -0.39 is 22.8 Å². The molecule has 1 saturated heterocycles. The first-order valence-corrected chi connectivity index (χ1v) is 7.78. The maximum absolute atomic E-state index is 13.2. The first-order chi connectivity index (χ1) is 11.1. The smallest absolute Gasteiger partial charge is 0.337 e. The third kappa shape index (κ3) is 2.53. The number of alkyl halides is 3. The number of nitriles is 1. The van der Waals surface area contributed by atoms with E-state index in [9.17, 15) is 18.0 Å². The number of amides is 1. The van der Waals surface area contributed by atoms with E-state index in [1.54, 1.807) is 11.9 Å². The molecule has 1 aromatic rings. The van der Waals surface area contributed by atoms with Gasteiger partial charge in [-0.25, -0.2) is 0 Å². The lowest BCUT2D eigenvalue weighted by atomic mass is 9.91. The van der Waals surface area contributed by atoms with Crippen LogP contribution in [0.3, 0.4) is 0 Å². The summed E-state index contributed by atoms with van der Waals surface area (Å²) >= 11 is 5.29. The Kier molecular flexibility index (Phi) is 4.59. The van der Waals surface area contributed by atoms with E-state index in [1.807, 2.05) is 13.8 Å². The van der Waals surface area contributed by atoms with Crippen LogP contribution in [0.15, 0.2) is 18.2 Å². The molecule has 1 heterocycles. The Morgan fingerprint density at radius 2 is 1.88 bits per heavy atom. The highest BCUT2D eigenvalue weighted by atomic mass is 32.1. The summed E-state index contributed by atoms with van der Waals surface area (Å²) in [5.41, 5.74) is -2.41. The number of rotatable bonds is 3. The molecule has 24 heavy (non-hydrogen) atoms. The summed E-state index contributed by atoms with van der Waals surface area (Å²) in [6.07, 6.45) is -3.72. The molecule has 4 nitrogen and oxygen atoms in total. The molecule has 128 valence electrons. The standard InChI is InChI=1S/C16H16F3N3OS/c1-4-15(5-2)13(23)22(14(24)21(15)3)11-7-6-10(9-20)12(8-11)16(17,18)19/h6-8H,4-5H2,1-3H3. The second kappa shape index (κ2) is 6.06. The summed E-state index contributed by atoms with van der Waals surface area (Å²) in [4.78, 5) is 15.6. The molecule has 8 heteroatoms. The number of halogens is 3. The molecule has 0 radical (unpaired) electrons. The number of anilines is 1. The molecule has 1 fully saturated rings. The van der Waals surface area contributed by atoms with Gasteiger partial charge in [-0.2, -0.15) is 18.4 Å². The first kappa shape index (κ1) is 18.2. The van der Waals surface area contributed by atoms with Gasteiger partial charge in [-0.1, -0.05) is 13.8 Å². The summed E-state index contributed by atoms with van der Waals surface area (Å²) < 4.78 is 39.5. The van der Waals surface area contributed by atoms with Crippen molar-refractivity contribution in [3.8, 4) is 6.07 Å². The molecular weight excluding hydrogens is 339 g/mol. The highest BCUT2D eigenvalue weighted by Crippen LogP contribution is 2.39. The van der Waals surface area contributed by atoms with Crippen LogP contribution in [-0.2, 0) is 11.0 Å². The average molecular weight is 355 g/mol. The topological polar surface area (TPSA) is 47.3 Å². The molecule has 0 bridgehead atoms. The van der Waals surface area contributed by atoms with Crippen LogP contribution in [0, 0.1) is 11.3 Å². The van der Waals surface area contributed by atoms with E-state index in [2.05, 4.69) is 0 Å². The predicted octanol–water partition coefficient (Wildman–Crippen LogP) is 3.70. The van der Waals surface area contributed by atoms with Crippen molar-refractivity contribution in [2.24, 2.45) is 0 Å². The van der Waals surface area contributed by atoms with E-state index in [0.29, 0.717) is 12.8 Å². The molecule has 0 unspecified atom stereocenters. The molecule has 0 atom stereocenters. The Balaban J connectivity index is 2.59. The van der Waals surface area contributed by atoms with E-state index >= 15 is 0 Å². The summed E-state index contributed by atoms with van der Waals surface area (Å²) in [5, 5.41) is 9.03. The van der Waals surface area contributed by atoms with Gasteiger partial charge in [-0.15, -0.1) is 0 Å². The molecule has 0 spiro atoms. The summed E-state index contributed by atoms with van der Waals surface area (Å²) in [5.74, 6) is -0.349. The molecule has 0 N–H and O–H groups in total. The first-order valence-electron chi connectivity index (χ1n) is 7.37. The maximum Gasteiger partial charge on any atom is 0.417 e. The summed E-state index contributed by atoms with van der Waals surface area (Å²) in [6.45, 7) is 3.67. The molecule has 1 aliphatic heterocycles. The lowest BCUT2D eigenvalue weighted by Crippen LogP contribution is -2.46. The van der Waals surface area contributed by atoms with E-state index in [0.717, 1.165) is 17.0 Å². The quantitative estimate of drug-likeness (QED) is 0.776. The fourth-order valence-corrected chi connectivity index (χ4v) is 3.39. The number of benzene rings is 1. The Morgan fingerprint density at radius 1 is 1.29 bits per heavy atom. The normalized spacial score (nSPS) is 17.4. The highest BCUT2D eigenvalue weighted by molar-refractivity contribution is 7.80. The van der Waals surface area contributed by atoms with Gasteiger partial charge >= 0.3 is 6.18 Å². The van der Waals surface area contributed by atoms with Crippen LogP contribution in [0.2, 0.25) is 0 Å². The van der Waals surface area contributed by atoms with Gasteiger partial charge in [-0.05, 0) is 43.3 Å². The lowest BCUT2D eigenvalue weighted by molar-refractivity contribution is -0.137. The number of carbonyl (C=O) groups excluding carboxylic acids is 1. The van der Waals surface area contributed by atoms with Crippen molar-refractivity contribution in [2.75, 3.05) is 11.9 Å². The summed E-state index contributed by atoms with van der Waals surface area (Å²) in [6, 6.07) is 4.70. The Morgan fingerprint density at radius 3 is 2.29 bits per heavy atom. The van der Waals surface area contributed by atoms with Gasteiger partial charge in [0.1, 0.15) is 5.54 Å². The van der Waals surface area contributed by atoms with Gasteiger partial charge in [0.2, 0.25) is 0 Å². The number of hydrogen-bond donors (Lipinski definition) is 0. The Labute approximate surface area is 143 Å². The SMILES string of the molecule is CCC1(CC)C(=O)N(c2ccc(C#N)c(C(F)(F)F)c2)C(=S)N1C. The minimum atomic E-state index is -4.69. The molecule has 0 aromatic heterocycles. The highest BCUT2D eigenvalue weighted by Gasteiger charge is 2.52. The number of nitrogens with zero attached hydrogens (tertiary/aromatic N) is 3. The second-order valence-electron chi connectivity index (χ2n) is 5.56. The van der Waals surface area contributed by atoms with Crippen LogP contribution >= 0.6 is 12.2 Å². The van der Waals surface area contributed by atoms with Crippen molar-refractivity contribution < 1.29 is 18.0 Å². The van der Waals surface area contributed by atoms with Crippen LogP contribution in [-0.4, -0.2) is 28.5 Å². The molecule has 1 amide bonds. The molecule has 0 saturated carbocycles. The average Bonchev–Trinajstić information content (AvgIpc) is 2.73. The second-order valence-corrected chi connectivity index (χ2v) is 5.93. The zero-order valence-corrected chi connectivity index (χ0v) is 14.3. The van der Waals surface area contributed by atoms with Gasteiger partial charge in [0.15, 0.2) is 5.11 Å². The Hall–Kier alpha value is -2.14. The van der Waals surface area contributed by atoms with Gasteiger partial charge in [0.05, 0.1) is 22.9 Å². The van der Waals surface area contributed by atoms with Crippen molar-refractivity contribution in [1.82, 2.24) is 4.90 Å². The van der Waals surface area contributed by atoms with Crippen LogP contribution in [0.4, 0.5) is 18.9 Å². The fourth-order valence-electron chi connectivity index (χ4n) is 3.03. The lowest BCUT2D eigenvalue weighted by Gasteiger charge is -2.31. The van der Waals surface area contributed by atoms with Crippen LogP contribution in [0.1, 0.15) is 37.8 Å². The zero-order chi connectivity index (χ0) is 18.3. The third-order valence-electron chi connectivity index (χ3n) is 4.58. The predicted molar refractivity (Wildman–Crippen MR) is 87.3 cm³/mol. The minimum Gasteiger partial charge on any atom is -0.337 e. The molecule has 0 aliphatic carbocycles. The van der Waals surface area contributed by atoms with Crippen molar-refractivity contribution in [2.45, 2.75) is 38.4 Å². The van der Waals surface area contributed by atoms with Gasteiger partial charge in [0, 0.05) is 7.05 Å². The van der Waals surface area contributed by atoms with Crippen LogP contribution in [0.5, 0.6) is 0 Å². The van der Waals surface area contributed by atoms with Gasteiger partial charge in [-0.3, -0.25) is 9.69 Å². The summed E-state index contributed by atoms with van der Waals surface area (Å²) in [7, 11) is 1.67. The van der Waals surface area contributed by atoms with E-state index in [4.69, 9.17) is 17.5 Å². The van der Waals surface area contributed by atoms with E-state index in [-0.39, 0.29) is 16.7 Å². The van der Waals surface area contributed by atoms with E-state index in [1.165, 1.54) is 12.1 Å². The van der Waals surface area contributed by atoms with Crippen molar-refractivity contribution in [3.63, 3.8) is 0 Å². The molecular formula is C16H16F3N3OS. The van der Waals surface area contributed by atoms with Gasteiger partial charge in [0.25, 0.3) is 5.91 Å². The van der Waals surface area contributed by atoms with Crippen molar-refractivity contribution in [3.05, 3.63) is 29.3 Å². The van der Waals surface area contributed by atoms with Gasteiger partial charge < -0.3 is 4.90 Å². The number of likely N-dealkylation sites (N-methyl/N-ethyl adjacent to an activating group) is 1. The monoisotopic (exact) mass is 355 g/mol. The molecule has 2 rings (SSSR count). The maximum atomic E-state index is 13.2. The van der Waals surface area contributed by atoms with Crippen molar-refractivity contribution in [1.29, 1.82) is 5.26 Å². The number of hydrogen-bond acceptors (Lipinski definition) is 3. The largest absolute Gasteiger partial charge is 0.417 e. The third-order valence-corrected chi connectivity index (χ3v) is 5.03. The fraction of sp³-hybridized carbons (Fsp3) is 0.438. The van der Waals surface area contributed by atoms with Crippen molar-refractivity contribution >= 4 is 28.9 Å². The molecule has 1 aliphatic rings. The Bertz CT molecular complexity index is 735.